The van der Waals surface area contributed by atoms with E-state index in [0.717, 1.165) is 5.56 Å². The molecule has 0 amide bonds. The van der Waals surface area contributed by atoms with Crippen LogP contribution in [0.4, 0.5) is 0 Å². The maximum Gasteiger partial charge on any atom is 1.00 e. The zero-order valence-corrected chi connectivity index (χ0v) is 10.1. The Morgan fingerprint density at radius 2 is 1.75 bits per heavy atom. The van der Waals surface area contributed by atoms with E-state index in [9.17, 15) is 18.3 Å². The van der Waals surface area contributed by atoms with Crippen LogP contribution < -0.4 is 24.0 Å². The zero-order chi connectivity index (χ0) is 11.5. The summed E-state index contributed by atoms with van der Waals surface area (Å²) in [6.07, 6.45) is -0.476. The van der Waals surface area contributed by atoms with E-state index < -0.39 is 28.0 Å². The van der Waals surface area contributed by atoms with Crippen LogP contribution >= 0.6 is 0 Å². The molecule has 1 aromatic rings. The molecule has 0 radical (unpaired) electrons. The molecule has 0 aromatic heterocycles. The van der Waals surface area contributed by atoms with Crippen LogP contribution in [-0.4, -0.2) is 20.1 Å². The van der Waals surface area contributed by atoms with Crippen molar-refractivity contribution >= 4 is 15.8 Å². The number of carbonyl (C=O) groups excluding carboxylic acids is 1. The van der Waals surface area contributed by atoms with Gasteiger partial charge in [0.25, 0.3) is 0 Å². The van der Waals surface area contributed by atoms with Crippen molar-refractivity contribution in [3.63, 3.8) is 0 Å². The molecule has 1 aromatic carbocycles. The minimum absolute atomic E-state index is 0. The van der Waals surface area contributed by atoms with E-state index in [1.165, 1.54) is 12.1 Å². The van der Waals surface area contributed by atoms with Crippen LogP contribution in [0.3, 0.4) is 0 Å². The zero-order valence-electron chi connectivity index (χ0n) is 9.26. The van der Waals surface area contributed by atoms with Crippen LogP contribution in [0.2, 0.25) is 0 Å². The first-order chi connectivity index (χ1) is 6.92. The molecule has 1 rings (SSSR count). The van der Waals surface area contributed by atoms with Gasteiger partial charge in [-0.15, -0.1) is 0 Å². The largest absolute Gasteiger partial charge is 1.00 e. The molecule has 16 heavy (non-hydrogen) atoms. The molecule has 0 heterocycles. The summed E-state index contributed by atoms with van der Waals surface area (Å²) in [5.41, 5.74) is 0.953. The van der Waals surface area contributed by atoms with Gasteiger partial charge in [-0.05, 0) is 19.1 Å². The van der Waals surface area contributed by atoms with Crippen LogP contribution in [0.15, 0.2) is 29.2 Å². The Balaban J connectivity index is 0.00000225. The summed E-state index contributed by atoms with van der Waals surface area (Å²) in [5, 5.41) is 10.2. The molecule has 0 saturated heterocycles. The van der Waals surface area contributed by atoms with Gasteiger partial charge in [0, 0.05) is 12.4 Å². The third-order valence-electron chi connectivity index (χ3n) is 1.96. The first-order valence-electron chi connectivity index (χ1n) is 4.41. The third-order valence-corrected chi connectivity index (χ3v) is 3.69. The standard InChI is InChI=1S/C10H12O4S.Li/c1-8-2-4-9(5-3-8)15(13,14)7-6-10(11)12;/h2-5H,6-7H2,1H3,(H,11,12);/q;+1/p-1. The average molecular weight is 234 g/mol. The minimum Gasteiger partial charge on any atom is -0.550 e. The number of aliphatic carboxylic acids is 1. The van der Waals surface area contributed by atoms with Crippen molar-refractivity contribution in [3.8, 4) is 0 Å². The van der Waals surface area contributed by atoms with Gasteiger partial charge in [-0.2, -0.15) is 0 Å². The van der Waals surface area contributed by atoms with Crippen molar-refractivity contribution in [2.75, 3.05) is 5.75 Å². The van der Waals surface area contributed by atoms with Crippen LogP contribution in [0.5, 0.6) is 0 Å². The molecular weight excluding hydrogens is 223 g/mol. The summed E-state index contributed by atoms with van der Waals surface area (Å²) < 4.78 is 23.1. The second-order valence-corrected chi connectivity index (χ2v) is 5.36. The van der Waals surface area contributed by atoms with Crippen LogP contribution in [-0.2, 0) is 14.6 Å². The quantitative estimate of drug-likeness (QED) is 0.518. The molecule has 82 valence electrons. The Morgan fingerprint density at radius 1 is 1.25 bits per heavy atom. The average Bonchev–Trinajstić information content (AvgIpc) is 2.16. The predicted molar refractivity (Wildman–Crippen MR) is 52.9 cm³/mol. The number of benzene rings is 1. The summed E-state index contributed by atoms with van der Waals surface area (Å²) in [7, 11) is -3.49. The molecular formula is C10H11LiO4S. The fourth-order valence-electron chi connectivity index (χ4n) is 1.08. The molecule has 4 nitrogen and oxygen atoms in total. The number of hydrogen-bond acceptors (Lipinski definition) is 4. The fourth-order valence-corrected chi connectivity index (χ4v) is 2.30. The number of aryl methyl sites for hydroxylation is 1. The second-order valence-electron chi connectivity index (χ2n) is 3.25. The summed E-state index contributed by atoms with van der Waals surface area (Å²) in [6, 6.07) is 6.29. The number of carbonyl (C=O) groups is 1. The number of rotatable bonds is 4. The molecule has 0 aliphatic carbocycles. The molecule has 0 saturated carbocycles. The van der Waals surface area contributed by atoms with Gasteiger partial charge in [0.1, 0.15) is 0 Å². The molecule has 0 fully saturated rings. The monoisotopic (exact) mass is 234 g/mol. The Bertz CT molecular complexity index is 450. The third kappa shape index (κ3) is 4.40. The summed E-state index contributed by atoms with van der Waals surface area (Å²) in [5.74, 6) is -1.77. The van der Waals surface area contributed by atoms with Gasteiger partial charge in [-0.25, -0.2) is 8.42 Å². The van der Waals surface area contributed by atoms with Crippen molar-refractivity contribution in [1.82, 2.24) is 0 Å². The molecule has 0 spiro atoms. The molecule has 0 aliphatic rings. The Kier molecular flexibility index (Phi) is 5.80. The maximum absolute atomic E-state index is 11.6. The SMILES string of the molecule is Cc1ccc(S(=O)(=O)CCC(=O)[O-])cc1.[Li+]. The Morgan fingerprint density at radius 3 is 2.19 bits per heavy atom. The molecule has 0 atom stereocenters. The van der Waals surface area contributed by atoms with Gasteiger partial charge in [-0.3, -0.25) is 0 Å². The number of sulfone groups is 1. The van der Waals surface area contributed by atoms with E-state index in [1.54, 1.807) is 12.1 Å². The van der Waals surface area contributed by atoms with Gasteiger partial charge < -0.3 is 9.90 Å². The molecule has 0 bridgehead atoms. The van der Waals surface area contributed by atoms with Gasteiger partial charge in [0.05, 0.1) is 10.6 Å². The molecule has 6 heteroatoms. The van der Waals surface area contributed by atoms with E-state index in [0.29, 0.717) is 0 Å². The second kappa shape index (κ2) is 6.09. The predicted octanol–water partition coefficient (Wildman–Crippen LogP) is -3.09. The summed E-state index contributed by atoms with van der Waals surface area (Å²) in [6.45, 7) is 1.84. The smallest absolute Gasteiger partial charge is 0.550 e. The first kappa shape index (κ1) is 15.2. The van der Waals surface area contributed by atoms with Crippen LogP contribution in [0, 0.1) is 6.92 Å². The Labute approximate surface area is 107 Å². The van der Waals surface area contributed by atoms with E-state index in [4.69, 9.17) is 0 Å². The normalized spacial score (nSPS) is 10.6. The number of carboxylic acids is 1. The van der Waals surface area contributed by atoms with Crippen molar-refractivity contribution in [2.24, 2.45) is 0 Å². The molecule has 0 unspecified atom stereocenters. The number of carboxylic acid groups (broad SMARTS) is 1. The summed E-state index contributed by atoms with van der Waals surface area (Å²) in [4.78, 5) is 10.3. The minimum atomic E-state index is -3.49. The number of hydrogen-bond donors (Lipinski definition) is 0. The Hall–Kier alpha value is -0.763. The maximum atomic E-state index is 11.6. The van der Waals surface area contributed by atoms with E-state index in [2.05, 4.69) is 0 Å². The van der Waals surface area contributed by atoms with Gasteiger partial charge in [-0.1, -0.05) is 17.7 Å². The molecule has 0 N–H and O–H groups in total. The van der Waals surface area contributed by atoms with Crippen LogP contribution in [0.1, 0.15) is 12.0 Å². The van der Waals surface area contributed by atoms with Gasteiger partial charge >= 0.3 is 18.9 Å². The van der Waals surface area contributed by atoms with Crippen LogP contribution in [0.25, 0.3) is 0 Å². The van der Waals surface area contributed by atoms with E-state index in [1.807, 2.05) is 6.92 Å². The van der Waals surface area contributed by atoms with Crippen molar-refractivity contribution in [2.45, 2.75) is 18.2 Å². The summed E-state index contributed by atoms with van der Waals surface area (Å²) >= 11 is 0. The fraction of sp³-hybridized carbons (Fsp3) is 0.300. The first-order valence-corrected chi connectivity index (χ1v) is 6.06. The van der Waals surface area contributed by atoms with Crippen molar-refractivity contribution < 1.29 is 37.2 Å². The topological polar surface area (TPSA) is 74.3 Å². The van der Waals surface area contributed by atoms with Gasteiger partial charge in [0.2, 0.25) is 0 Å². The van der Waals surface area contributed by atoms with Crippen molar-refractivity contribution in [3.05, 3.63) is 29.8 Å². The van der Waals surface area contributed by atoms with E-state index >= 15 is 0 Å². The van der Waals surface area contributed by atoms with E-state index in [-0.39, 0.29) is 23.8 Å². The van der Waals surface area contributed by atoms with Gasteiger partial charge in [0.15, 0.2) is 9.84 Å². The van der Waals surface area contributed by atoms with Crippen molar-refractivity contribution in [1.29, 1.82) is 0 Å². The molecule has 0 aliphatic heterocycles.